The van der Waals surface area contributed by atoms with E-state index in [1.54, 1.807) is 43.3 Å². The van der Waals surface area contributed by atoms with Crippen molar-refractivity contribution in [1.82, 2.24) is 0 Å². The minimum atomic E-state index is -1.94. The lowest BCUT2D eigenvalue weighted by molar-refractivity contribution is -0.130. The number of phenols is 1. The highest BCUT2D eigenvalue weighted by Crippen LogP contribution is 2.56. The average Bonchev–Trinajstić information content (AvgIpc) is 1.58. The monoisotopic (exact) mass is 1510 g/mol. The molecule has 12 rings (SSSR count). The quantitative estimate of drug-likeness (QED) is 0.0548. The van der Waals surface area contributed by atoms with Crippen LogP contribution in [0.25, 0.3) is 18.2 Å². The van der Waals surface area contributed by atoms with Crippen LogP contribution in [0.15, 0.2) is 150 Å². The van der Waals surface area contributed by atoms with E-state index in [4.69, 9.17) is 27.2 Å². The van der Waals surface area contributed by atoms with Gasteiger partial charge >= 0.3 is 5.97 Å². The van der Waals surface area contributed by atoms with Crippen molar-refractivity contribution in [3.05, 3.63) is 206 Å². The first-order chi connectivity index (χ1) is 48.4. The molecule has 4 atom stereocenters. The summed E-state index contributed by atoms with van der Waals surface area (Å²) in [6, 6.07) is 40.2. The molecular weight excluding hydrogens is 1380 g/mol. The fraction of sp³-hybridized carbons (Fsp3) is 0.478. The first-order valence-corrected chi connectivity index (χ1v) is 52.9. The Labute approximate surface area is 638 Å². The number of carbonyl (C=O) groups excluding carboxylic acids is 3. The molecule has 105 heavy (non-hydrogen) atoms. The second kappa shape index (κ2) is 33.3. The van der Waals surface area contributed by atoms with Crippen molar-refractivity contribution in [2.45, 2.75) is 253 Å². The average molecular weight is 1510 g/mol. The number of phenolic OH excluding ortho intramolecular Hbond substituents is 1. The zero-order valence-electron chi connectivity index (χ0n) is 69.4. The fourth-order valence-electron chi connectivity index (χ4n) is 13.4. The molecule has 0 radical (unpaired) electrons. The number of ether oxygens (including phenoxy) is 2. The molecule has 4 unspecified atom stereocenters. The van der Waals surface area contributed by atoms with Gasteiger partial charge in [-0.15, -0.1) is 0 Å². The topological polar surface area (TPSA) is 127 Å². The second-order valence-electron chi connectivity index (χ2n) is 36.8. The van der Waals surface area contributed by atoms with Crippen LogP contribution in [0.4, 0.5) is 0 Å². The number of rotatable bonds is 12. The molecular formula is C90H128O10Si5. The molecule has 15 heteroatoms. The molecule has 1 fully saturated rings. The summed E-state index contributed by atoms with van der Waals surface area (Å²) >= 11 is 0. The Morgan fingerprint density at radius 3 is 1.22 bits per heavy atom. The number of hydrogen-bond donors (Lipinski definition) is 1. The molecule has 0 amide bonds. The number of para-hydroxylation sites is 1. The van der Waals surface area contributed by atoms with Crippen LogP contribution in [0.3, 0.4) is 0 Å². The number of fused-ring (bicyclic) bond motifs is 5. The summed E-state index contributed by atoms with van der Waals surface area (Å²) in [4.78, 5) is 34.7. The molecule has 1 heterocycles. The minimum absolute atomic E-state index is 0.0355. The molecule has 0 saturated carbocycles. The van der Waals surface area contributed by atoms with Crippen molar-refractivity contribution < 1.29 is 46.7 Å². The standard InChI is InChI=1S/C34H52O2Si3.C16H24O2Si.C16H24OSi.2C10H10O2.C4H8O/c1-23-21-27-25(17-15-19-29(27)35-38(11,12)33(3,4)5)31(23)37(9,10)32-24(2)22-28-26(32)18-16-20-30(28)36-39(13,14)34(6,7)8;1-11-10-12-8-7-9-13(14(12)15(11)17)18-19(5,6)16(2,3)4;1-12-10-13-8-7-9-15(14(13)11-12)17-18(5,6)16(2,3)4;1-6-5-7-3-2-4-8(11)9(7)10(6)12;1-8(2)10(11)12-9-6-4-3-5-7-9;1-2-4-5-3-1/h15-22,31-32H,1-14H3;7-9,11H,10H2,1-6H3;7-9,11H,10H2,1-6H3;2-4,6,11H,5H2,1H3;3-7H,1H2,2H3;1-4H2. The predicted molar refractivity (Wildman–Crippen MR) is 454 cm³/mol. The Kier molecular flexibility index (Phi) is 27.1. The fourth-order valence-corrected chi connectivity index (χ4v) is 22.4. The number of allylic oxidation sites excluding steroid dienone is 3. The van der Waals surface area contributed by atoms with Crippen LogP contribution in [-0.4, -0.2) is 77.2 Å². The van der Waals surface area contributed by atoms with E-state index in [2.05, 4.69) is 255 Å². The van der Waals surface area contributed by atoms with Crippen molar-refractivity contribution in [3.63, 3.8) is 0 Å². The van der Waals surface area contributed by atoms with Gasteiger partial charge in [0.25, 0.3) is 33.3 Å². The van der Waals surface area contributed by atoms with E-state index in [1.165, 1.54) is 62.9 Å². The number of ketones is 2. The lowest BCUT2D eigenvalue weighted by atomic mass is 10.1. The zero-order valence-corrected chi connectivity index (χ0v) is 74.4. The Balaban J connectivity index is 0.000000195. The Morgan fingerprint density at radius 1 is 0.467 bits per heavy atom. The van der Waals surface area contributed by atoms with E-state index in [1.807, 2.05) is 38.1 Å². The molecule has 6 aromatic carbocycles. The van der Waals surface area contributed by atoms with Gasteiger partial charge < -0.3 is 32.3 Å². The lowest BCUT2D eigenvalue weighted by Crippen LogP contribution is -2.44. The van der Waals surface area contributed by atoms with Crippen LogP contribution in [0.2, 0.25) is 85.6 Å². The first-order valence-electron chi connectivity index (χ1n) is 38.1. The summed E-state index contributed by atoms with van der Waals surface area (Å²) in [7, 11) is -9.44. The maximum absolute atomic E-state index is 12.3. The minimum Gasteiger partial charge on any atom is -0.543 e. The van der Waals surface area contributed by atoms with E-state index < -0.39 is 41.3 Å². The van der Waals surface area contributed by atoms with Crippen LogP contribution >= 0.6 is 0 Å². The number of benzene rings is 6. The first kappa shape index (κ1) is 85.4. The summed E-state index contributed by atoms with van der Waals surface area (Å²) in [6.45, 7) is 68.9. The van der Waals surface area contributed by atoms with Crippen molar-refractivity contribution >= 4 is 77.1 Å². The molecule has 568 valence electrons. The summed E-state index contributed by atoms with van der Waals surface area (Å²) in [6.07, 6.45) is 12.4. The van der Waals surface area contributed by atoms with E-state index in [-0.39, 0.29) is 55.3 Å². The van der Waals surface area contributed by atoms with Gasteiger partial charge in [-0.25, -0.2) is 4.79 Å². The number of aromatic hydroxyl groups is 1. The molecule has 1 saturated heterocycles. The van der Waals surface area contributed by atoms with Gasteiger partial charge in [-0.1, -0.05) is 230 Å². The molecule has 5 aliphatic carbocycles. The van der Waals surface area contributed by atoms with Crippen LogP contribution in [0, 0.1) is 11.8 Å². The highest BCUT2D eigenvalue weighted by molar-refractivity contribution is 6.82. The maximum Gasteiger partial charge on any atom is 0.338 e. The summed E-state index contributed by atoms with van der Waals surface area (Å²) in [5.74, 6) is 4.77. The Hall–Kier alpha value is -6.87. The summed E-state index contributed by atoms with van der Waals surface area (Å²) < 4.78 is 36.5. The summed E-state index contributed by atoms with van der Waals surface area (Å²) in [5, 5.41) is 10.1. The smallest absolute Gasteiger partial charge is 0.338 e. The molecule has 10 nitrogen and oxygen atoms in total. The molecule has 6 aliphatic rings. The Bertz CT molecular complexity index is 4100. The van der Waals surface area contributed by atoms with Gasteiger partial charge in [0.1, 0.15) is 34.5 Å². The molecule has 0 aromatic heterocycles. The SMILES string of the molecule is C1CCOC1.C=C(C)C(=O)Oc1ccccc1.CC1=Cc2c(O[Si](C)(C)C(C)(C)C)cccc2C1[Si](C)(C)C1C(C)=Cc2c(O[Si](C)(C)C(C)(C)C)cccc21.CC1=Cc2c(cccc2O[Si](C)(C)C(C)(C)C)C1.CC1Cc2cccc(O)c2C1=O.CC1Cc2cccc(O[Si](C)(C)C(C)(C)C)c2C1=O. The zero-order chi connectivity index (χ0) is 78.5. The lowest BCUT2D eigenvalue weighted by Gasteiger charge is -2.40. The van der Waals surface area contributed by atoms with E-state index in [0.717, 1.165) is 72.2 Å². The Morgan fingerprint density at radius 2 is 0.829 bits per heavy atom. The number of hydrogen-bond acceptors (Lipinski definition) is 10. The van der Waals surface area contributed by atoms with Crippen molar-refractivity contribution in [2.24, 2.45) is 11.8 Å². The number of esters is 1. The van der Waals surface area contributed by atoms with Gasteiger partial charge in [0.05, 0.1) is 19.2 Å². The van der Waals surface area contributed by atoms with Gasteiger partial charge in [0.15, 0.2) is 11.6 Å². The van der Waals surface area contributed by atoms with E-state index in [0.29, 0.717) is 28.0 Å². The second-order valence-corrected chi connectivity index (χ2v) is 60.5. The number of Topliss-reactive ketones (excluding diaryl/α,β-unsaturated/α-hetero) is 2. The van der Waals surface area contributed by atoms with Crippen molar-refractivity contribution in [3.8, 4) is 34.5 Å². The van der Waals surface area contributed by atoms with Crippen LogP contribution in [-0.2, 0) is 28.8 Å². The third kappa shape index (κ3) is 20.3. The van der Waals surface area contributed by atoms with Gasteiger partial charge in [0.2, 0.25) is 0 Å². The van der Waals surface area contributed by atoms with Crippen LogP contribution < -0.4 is 22.4 Å². The van der Waals surface area contributed by atoms with Crippen molar-refractivity contribution in [2.75, 3.05) is 13.2 Å². The third-order valence-corrected chi connectivity index (χ3v) is 45.4. The molecule has 6 aromatic rings. The van der Waals surface area contributed by atoms with Crippen molar-refractivity contribution in [1.29, 1.82) is 0 Å². The van der Waals surface area contributed by atoms with E-state index >= 15 is 0 Å². The van der Waals surface area contributed by atoms with Gasteiger partial charge in [-0.2, -0.15) is 0 Å². The molecule has 0 spiro atoms. The molecule has 1 aliphatic heterocycles. The molecule has 0 bridgehead atoms. The third-order valence-electron chi connectivity index (χ3n) is 23.5. The van der Waals surface area contributed by atoms with Crippen LogP contribution in [0.1, 0.15) is 214 Å². The maximum atomic E-state index is 12.3. The van der Waals surface area contributed by atoms with Gasteiger partial charge in [-0.3, -0.25) is 9.59 Å². The highest BCUT2D eigenvalue weighted by Gasteiger charge is 2.50. The normalized spacial score (nSPS) is 18.1. The van der Waals surface area contributed by atoms with E-state index in [9.17, 15) is 19.5 Å². The van der Waals surface area contributed by atoms with Gasteiger partial charge in [-0.05, 0) is 203 Å². The largest absolute Gasteiger partial charge is 0.543 e. The van der Waals surface area contributed by atoms with Gasteiger partial charge in [0, 0.05) is 58.4 Å². The highest BCUT2D eigenvalue weighted by atomic mass is 28.4. The van der Waals surface area contributed by atoms with Crippen LogP contribution in [0.5, 0.6) is 34.5 Å². The predicted octanol–water partition coefficient (Wildman–Crippen LogP) is 25.2. The number of carbonyl (C=O) groups is 3. The molecule has 1 N–H and O–H groups in total. The summed E-state index contributed by atoms with van der Waals surface area (Å²) in [5.41, 5.74) is 17.5.